The Labute approximate surface area is 117 Å². The third-order valence-corrected chi connectivity index (χ3v) is 2.67. The van der Waals surface area contributed by atoms with Crippen LogP contribution in [0, 0.1) is 10.1 Å². The first-order valence-corrected chi connectivity index (χ1v) is 6.26. The Kier molecular flexibility index (Phi) is 6.16. The molecule has 8 nitrogen and oxygen atoms in total. The Morgan fingerprint density at radius 3 is 2.45 bits per heavy atom. The standard InChI is InChI=1S/C12H20N4O4/c1-9(13)14-11-3-2-10(8-12(11)16(19)20)15(4-6-17)5-7-18/h2-3,8-9,14,17-18H,4-7,13H2,1H3. The van der Waals surface area contributed by atoms with E-state index in [1.165, 1.54) is 6.07 Å². The number of benzene rings is 1. The molecule has 5 N–H and O–H groups in total. The number of hydrogen-bond acceptors (Lipinski definition) is 7. The summed E-state index contributed by atoms with van der Waals surface area (Å²) < 4.78 is 0. The van der Waals surface area contributed by atoms with Gasteiger partial charge < -0.3 is 26.2 Å². The van der Waals surface area contributed by atoms with E-state index in [0.717, 1.165) is 0 Å². The van der Waals surface area contributed by atoms with Gasteiger partial charge >= 0.3 is 0 Å². The van der Waals surface area contributed by atoms with Gasteiger partial charge in [0.25, 0.3) is 5.69 Å². The Balaban J connectivity index is 3.10. The number of hydrogen-bond donors (Lipinski definition) is 4. The zero-order valence-corrected chi connectivity index (χ0v) is 11.3. The summed E-state index contributed by atoms with van der Waals surface area (Å²) in [6, 6.07) is 4.65. The van der Waals surface area contributed by atoms with Crippen LogP contribution >= 0.6 is 0 Å². The molecule has 0 aromatic heterocycles. The number of nitro groups is 1. The first-order chi connectivity index (χ1) is 9.49. The zero-order valence-electron chi connectivity index (χ0n) is 11.3. The molecular formula is C12H20N4O4. The maximum absolute atomic E-state index is 11.1. The van der Waals surface area contributed by atoms with Crippen molar-refractivity contribution in [2.24, 2.45) is 5.73 Å². The highest BCUT2D eigenvalue weighted by molar-refractivity contribution is 5.68. The summed E-state index contributed by atoms with van der Waals surface area (Å²) in [5, 5.41) is 31.9. The van der Waals surface area contributed by atoms with Crippen molar-refractivity contribution in [1.82, 2.24) is 0 Å². The summed E-state index contributed by atoms with van der Waals surface area (Å²) >= 11 is 0. The molecule has 8 heteroatoms. The van der Waals surface area contributed by atoms with E-state index in [0.29, 0.717) is 11.4 Å². The van der Waals surface area contributed by atoms with Gasteiger partial charge in [0.15, 0.2) is 0 Å². The van der Waals surface area contributed by atoms with Crippen molar-refractivity contribution in [2.45, 2.75) is 13.1 Å². The number of aliphatic hydroxyl groups is 2. The van der Waals surface area contributed by atoms with E-state index in [9.17, 15) is 10.1 Å². The molecule has 0 spiro atoms. The van der Waals surface area contributed by atoms with Crippen molar-refractivity contribution < 1.29 is 15.1 Å². The summed E-state index contributed by atoms with van der Waals surface area (Å²) in [5.41, 5.74) is 6.38. The molecule has 0 radical (unpaired) electrons. The predicted molar refractivity (Wildman–Crippen MR) is 76.8 cm³/mol. The number of nitro benzene ring substituents is 1. The van der Waals surface area contributed by atoms with Gasteiger partial charge in [-0.1, -0.05) is 0 Å². The molecule has 0 aliphatic rings. The summed E-state index contributed by atoms with van der Waals surface area (Å²) in [5.74, 6) is 0. The highest BCUT2D eigenvalue weighted by atomic mass is 16.6. The minimum absolute atomic E-state index is 0.0966. The lowest BCUT2D eigenvalue weighted by Gasteiger charge is -2.23. The van der Waals surface area contributed by atoms with E-state index in [1.54, 1.807) is 24.0 Å². The van der Waals surface area contributed by atoms with E-state index in [4.69, 9.17) is 15.9 Å². The van der Waals surface area contributed by atoms with Crippen molar-refractivity contribution in [1.29, 1.82) is 0 Å². The third-order valence-electron chi connectivity index (χ3n) is 2.67. The van der Waals surface area contributed by atoms with Crippen molar-refractivity contribution in [3.63, 3.8) is 0 Å². The second-order valence-electron chi connectivity index (χ2n) is 4.33. The molecule has 0 fully saturated rings. The fourth-order valence-electron chi connectivity index (χ4n) is 1.85. The lowest BCUT2D eigenvalue weighted by molar-refractivity contribution is -0.383. The number of anilines is 2. The zero-order chi connectivity index (χ0) is 15.1. The average molecular weight is 284 g/mol. The number of rotatable bonds is 8. The van der Waals surface area contributed by atoms with Crippen LogP contribution in [0.2, 0.25) is 0 Å². The minimum Gasteiger partial charge on any atom is -0.395 e. The van der Waals surface area contributed by atoms with Gasteiger partial charge in [-0.05, 0) is 19.1 Å². The largest absolute Gasteiger partial charge is 0.395 e. The molecule has 1 aromatic rings. The number of aliphatic hydroxyl groups excluding tert-OH is 2. The van der Waals surface area contributed by atoms with Crippen molar-refractivity contribution in [3.8, 4) is 0 Å². The average Bonchev–Trinajstić information content (AvgIpc) is 2.38. The van der Waals surface area contributed by atoms with Gasteiger partial charge in [0, 0.05) is 24.8 Å². The molecule has 1 rings (SSSR count). The van der Waals surface area contributed by atoms with Gasteiger partial charge in [-0.3, -0.25) is 10.1 Å². The van der Waals surface area contributed by atoms with Crippen LogP contribution in [-0.2, 0) is 0 Å². The Morgan fingerprint density at radius 2 is 2.00 bits per heavy atom. The van der Waals surface area contributed by atoms with Gasteiger partial charge in [0.2, 0.25) is 0 Å². The fraction of sp³-hybridized carbons (Fsp3) is 0.500. The highest BCUT2D eigenvalue weighted by Crippen LogP contribution is 2.29. The fourth-order valence-corrected chi connectivity index (χ4v) is 1.85. The maximum Gasteiger partial charge on any atom is 0.294 e. The normalized spacial score (nSPS) is 12.0. The van der Waals surface area contributed by atoms with Crippen molar-refractivity contribution in [2.75, 3.05) is 36.5 Å². The second-order valence-corrected chi connectivity index (χ2v) is 4.33. The quantitative estimate of drug-likeness (QED) is 0.303. The van der Waals surface area contributed by atoms with E-state index in [2.05, 4.69) is 5.32 Å². The molecule has 0 bridgehead atoms. The number of nitrogens with zero attached hydrogens (tertiary/aromatic N) is 2. The Bertz CT molecular complexity index is 447. The van der Waals surface area contributed by atoms with Crippen LogP contribution in [0.15, 0.2) is 18.2 Å². The van der Waals surface area contributed by atoms with E-state index < -0.39 is 11.1 Å². The number of nitrogens with two attached hydrogens (primary N) is 1. The van der Waals surface area contributed by atoms with Crippen LogP contribution in [0.1, 0.15) is 6.92 Å². The van der Waals surface area contributed by atoms with E-state index in [-0.39, 0.29) is 32.0 Å². The molecule has 20 heavy (non-hydrogen) atoms. The van der Waals surface area contributed by atoms with Crippen LogP contribution in [-0.4, -0.2) is 47.6 Å². The number of nitrogens with one attached hydrogen (secondary N) is 1. The highest BCUT2D eigenvalue weighted by Gasteiger charge is 2.17. The maximum atomic E-state index is 11.1. The Hall–Kier alpha value is -1.90. The van der Waals surface area contributed by atoms with E-state index in [1.807, 2.05) is 0 Å². The molecule has 1 atom stereocenters. The smallest absolute Gasteiger partial charge is 0.294 e. The lowest BCUT2D eigenvalue weighted by Crippen LogP contribution is -2.30. The first-order valence-electron chi connectivity index (χ1n) is 6.26. The molecule has 0 amide bonds. The minimum atomic E-state index is -0.496. The first kappa shape index (κ1) is 16.2. The summed E-state index contributed by atoms with van der Waals surface area (Å²) in [7, 11) is 0. The van der Waals surface area contributed by atoms with Crippen molar-refractivity contribution >= 4 is 17.1 Å². The lowest BCUT2D eigenvalue weighted by atomic mass is 10.2. The molecule has 0 heterocycles. The van der Waals surface area contributed by atoms with Gasteiger partial charge in [-0.15, -0.1) is 0 Å². The Morgan fingerprint density at radius 1 is 1.40 bits per heavy atom. The van der Waals surface area contributed by atoms with E-state index >= 15 is 0 Å². The predicted octanol–water partition coefficient (Wildman–Crippen LogP) is 0.102. The summed E-state index contributed by atoms with van der Waals surface area (Å²) in [6.45, 7) is 2.05. The second kappa shape index (κ2) is 7.63. The molecule has 112 valence electrons. The summed E-state index contributed by atoms with van der Waals surface area (Å²) in [4.78, 5) is 12.3. The van der Waals surface area contributed by atoms with Crippen molar-refractivity contribution in [3.05, 3.63) is 28.3 Å². The third kappa shape index (κ3) is 4.34. The van der Waals surface area contributed by atoms with Crippen LogP contribution in [0.3, 0.4) is 0 Å². The van der Waals surface area contributed by atoms with Gasteiger partial charge in [0.05, 0.1) is 24.3 Å². The molecule has 1 unspecified atom stereocenters. The summed E-state index contributed by atoms with van der Waals surface area (Å²) in [6.07, 6.45) is -0.412. The SMILES string of the molecule is CC(N)Nc1ccc(N(CCO)CCO)cc1[N+](=O)[O-]. The van der Waals surface area contributed by atoms with Gasteiger partial charge in [0.1, 0.15) is 5.69 Å². The topological polar surface area (TPSA) is 125 Å². The monoisotopic (exact) mass is 284 g/mol. The van der Waals surface area contributed by atoms with Crippen LogP contribution in [0.5, 0.6) is 0 Å². The molecular weight excluding hydrogens is 264 g/mol. The molecule has 1 aromatic carbocycles. The van der Waals surface area contributed by atoms with Crippen LogP contribution in [0.25, 0.3) is 0 Å². The van der Waals surface area contributed by atoms with Gasteiger partial charge in [-0.25, -0.2) is 0 Å². The van der Waals surface area contributed by atoms with Gasteiger partial charge in [-0.2, -0.15) is 0 Å². The molecule has 0 aliphatic carbocycles. The van der Waals surface area contributed by atoms with Crippen LogP contribution < -0.4 is 16.0 Å². The molecule has 0 saturated heterocycles. The van der Waals surface area contributed by atoms with Crippen LogP contribution in [0.4, 0.5) is 17.1 Å². The molecule has 0 saturated carbocycles. The molecule has 0 aliphatic heterocycles.